The number of benzene rings is 1. The summed E-state index contributed by atoms with van der Waals surface area (Å²) in [5.74, 6) is 5.73. The molecule has 0 amide bonds. The Morgan fingerprint density at radius 3 is 2.72 bits per heavy atom. The summed E-state index contributed by atoms with van der Waals surface area (Å²) < 4.78 is 18.1. The Labute approximate surface area is 107 Å². The van der Waals surface area contributed by atoms with Crippen LogP contribution in [0.15, 0.2) is 33.9 Å². The van der Waals surface area contributed by atoms with Crippen molar-refractivity contribution in [1.82, 2.24) is 10.2 Å². The van der Waals surface area contributed by atoms with E-state index in [9.17, 15) is 4.39 Å². The van der Waals surface area contributed by atoms with Gasteiger partial charge in [-0.1, -0.05) is 23.6 Å². The predicted octanol–water partition coefficient (Wildman–Crippen LogP) is 1.96. The molecule has 1 aromatic carbocycles. The van der Waals surface area contributed by atoms with Crippen molar-refractivity contribution < 1.29 is 13.9 Å². The van der Waals surface area contributed by atoms with Gasteiger partial charge in [0.25, 0.3) is 5.22 Å². The maximum atomic E-state index is 12.7. The minimum Gasteiger partial charge on any atom is -0.411 e. The van der Waals surface area contributed by atoms with Gasteiger partial charge in [0.05, 0.1) is 5.75 Å². The fourth-order valence-electron chi connectivity index (χ4n) is 1.18. The second-order valence-corrected chi connectivity index (χ2v) is 4.11. The second kappa shape index (κ2) is 6.19. The maximum absolute atomic E-state index is 12.7. The third-order valence-electron chi connectivity index (χ3n) is 1.97. The van der Waals surface area contributed by atoms with Gasteiger partial charge in [-0.3, -0.25) is 0 Å². The number of nitrogens with zero attached hydrogens (tertiary/aromatic N) is 2. The fourth-order valence-corrected chi connectivity index (χ4v) is 1.72. The fraction of sp³-hybridized carbons (Fsp3) is 0.167. The molecule has 0 radical (unpaired) electrons. The van der Waals surface area contributed by atoms with Gasteiger partial charge in [0.15, 0.2) is 0 Å². The number of rotatable bonds is 3. The molecule has 1 heterocycles. The van der Waals surface area contributed by atoms with E-state index in [1.165, 1.54) is 23.9 Å². The Balaban J connectivity index is 2.03. The van der Waals surface area contributed by atoms with Crippen molar-refractivity contribution >= 4 is 11.8 Å². The van der Waals surface area contributed by atoms with E-state index in [4.69, 9.17) is 9.52 Å². The molecule has 0 atom stereocenters. The third kappa shape index (κ3) is 3.32. The van der Waals surface area contributed by atoms with Crippen LogP contribution < -0.4 is 0 Å². The molecule has 6 heteroatoms. The molecule has 0 aliphatic heterocycles. The number of halogens is 1. The average Bonchev–Trinajstić information content (AvgIpc) is 2.84. The molecule has 0 fully saturated rings. The van der Waals surface area contributed by atoms with Gasteiger partial charge in [-0.2, -0.15) is 0 Å². The molecule has 18 heavy (non-hydrogen) atoms. The smallest absolute Gasteiger partial charge is 0.277 e. The lowest BCUT2D eigenvalue weighted by atomic mass is 10.2. The number of hydrogen-bond donors (Lipinski definition) is 1. The third-order valence-corrected chi connectivity index (χ3v) is 2.67. The summed E-state index contributed by atoms with van der Waals surface area (Å²) in [5.41, 5.74) is 0.664. The molecule has 2 aromatic rings. The van der Waals surface area contributed by atoms with E-state index in [-0.39, 0.29) is 12.4 Å². The molecule has 0 unspecified atom stereocenters. The van der Waals surface area contributed by atoms with Crippen molar-refractivity contribution in [2.75, 3.05) is 12.4 Å². The Morgan fingerprint density at radius 1 is 1.22 bits per heavy atom. The van der Waals surface area contributed by atoms with Crippen molar-refractivity contribution in [3.8, 4) is 23.3 Å². The van der Waals surface area contributed by atoms with Crippen LogP contribution >= 0.6 is 11.8 Å². The highest BCUT2D eigenvalue weighted by atomic mass is 32.2. The molecule has 4 nitrogen and oxygen atoms in total. The van der Waals surface area contributed by atoms with Gasteiger partial charge < -0.3 is 9.52 Å². The SMILES string of the molecule is OCC#CCSc1nnc(-c2ccc(F)cc2)o1. The Morgan fingerprint density at radius 2 is 2.00 bits per heavy atom. The van der Waals surface area contributed by atoms with Gasteiger partial charge in [0.1, 0.15) is 12.4 Å². The molecule has 0 bridgehead atoms. The first-order chi connectivity index (χ1) is 8.79. The highest BCUT2D eigenvalue weighted by molar-refractivity contribution is 7.99. The topological polar surface area (TPSA) is 59.2 Å². The van der Waals surface area contributed by atoms with Crippen LogP contribution in [0.25, 0.3) is 11.5 Å². The normalized spacial score (nSPS) is 9.89. The maximum Gasteiger partial charge on any atom is 0.277 e. The Hall–Kier alpha value is -1.84. The zero-order valence-corrected chi connectivity index (χ0v) is 10.1. The molecule has 0 aliphatic carbocycles. The van der Waals surface area contributed by atoms with Crippen LogP contribution in [0.2, 0.25) is 0 Å². The summed E-state index contributed by atoms with van der Waals surface area (Å²) in [4.78, 5) is 0. The van der Waals surface area contributed by atoms with E-state index < -0.39 is 0 Å². The van der Waals surface area contributed by atoms with Crippen molar-refractivity contribution in [3.05, 3.63) is 30.1 Å². The molecular weight excluding hydrogens is 255 g/mol. The molecule has 0 saturated carbocycles. The average molecular weight is 264 g/mol. The first-order valence-corrected chi connectivity index (χ1v) is 6.07. The summed E-state index contributed by atoms with van der Waals surface area (Å²) in [7, 11) is 0. The summed E-state index contributed by atoms with van der Waals surface area (Å²) in [6, 6.07) is 5.81. The van der Waals surface area contributed by atoms with E-state index in [1.807, 2.05) is 0 Å². The molecule has 0 saturated heterocycles. The number of aliphatic hydroxyl groups is 1. The highest BCUT2D eigenvalue weighted by Gasteiger charge is 2.08. The summed E-state index contributed by atoms with van der Waals surface area (Å²) in [5, 5.41) is 16.6. The lowest BCUT2D eigenvalue weighted by Crippen LogP contribution is -1.78. The van der Waals surface area contributed by atoms with Gasteiger partial charge in [0, 0.05) is 5.56 Å². The standard InChI is InChI=1S/C12H9FN2O2S/c13-10-5-3-9(4-6-10)11-14-15-12(17-11)18-8-2-1-7-16/h3-6,16H,7-8H2. The first-order valence-electron chi connectivity index (χ1n) is 5.08. The van der Waals surface area contributed by atoms with E-state index in [2.05, 4.69) is 22.0 Å². The van der Waals surface area contributed by atoms with E-state index >= 15 is 0 Å². The van der Waals surface area contributed by atoms with Crippen LogP contribution in [-0.2, 0) is 0 Å². The largest absolute Gasteiger partial charge is 0.411 e. The minimum absolute atomic E-state index is 0.161. The van der Waals surface area contributed by atoms with Gasteiger partial charge in [-0.15, -0.1) is 10.2 Å². The van der Waals surface area contributed by atoms with Crippen molar-refractivity contribution in [2.45, 2.75) is 5.22 Å². The summed E-state index contributed by atoms with van der Waals surface area (Å²) >= 11 is 1.28. The molecular formula is C12H9FN2O2S. The van der Waals surface area contributed by atoms with Crippen LogP contribution in [0, 0.1) is 17.7 Å². The second-order valence-electron chi connectivity index (χ2n) is 3.18. The highest BCUT2D eigenvalue weighted by Crippen LogP contribution is 2.22. The predicted molar refractivity (Wildman–Crippen MR) is 65.3 cm³/mol. The van der Waals surface area contributed by atoms with Crippen molar-refractivity contribution in [3.63, 3.8) is 0 Å². The van der Waals surface area contributed by atoms with E-state index in [1.54, 1.807) is 12.1 Å². The summed E-state index contributed by atoms with van der Waals surface area (Å²) in [6.07, 6.45) is 0. The zero-order valence-electron chi connectivity index (χ0n) is 9.26. The Kier molecular flexibility index (Phi) is 4.34. The quantitative estimate of drug-likeness (QED) is 0.678. The van der Waals surface area contributed by atoms with Crippen LogP contribution in [0.1, 0.15) is 0 Å². The van der Waals surface area contributed by atoms with Crippen molar-refractivity contribution in [2.24, 2.45) is 0 Å². The van der Waals surface area contributed by atoms with Crippen molar-refractivity contribution in [1.29, 1.82) is 0 Å². The lowest BCUT2D eigenvalue weighted by Gasteiger charge is -1.93. The number of aliphatic hydroxyl groups excluding tert-OH is 1. The van der Waals surface area contributed by atoms with Crippen LogP contribution in [0.5, 0.6) is 0 Å². The summed E-state index contributed by atoms with van der Waals surface area (Å²) in [6.45, 7) is -0.161. The molecule has 1 aromatic heterocycles. The number of aromatic nitrogens is 2. The molecule has 1 N–H and O–H groups in total. The van der Waals surface area contributed by atoms with Crippen LogP contribution in [0.3, 0.4) is 0 Å². The lowest BCUT2D eigenvalue weighted by molar-refractivity contribution is 0.350. The minimum atomic E-state index is -0.313. The van der Waals surface area contributed by atoms with Crippen LogP contribution in [0.4, 0.5) is 4.39 Å². The van der Waals surface area contributed by atoms with E-state index in [0.29, 0.717) is 22.4 Å². The number of hydrogen-bond acceptors (Lipinski definition) is 5. The van der Waals surface area contributed by atoms with Gasteiger partial charge in [0.2, 0.25) is 5.89 Å². The molecule has 0 spiro atoms. The van der Waals surface area contributed by atoms with Gasteiger partial charge in [-0.05, 0) is 24.3 Å². The number of thioether (sulfide) groups is 1. The van der Waals surface area contributed by atoms with E-state index in [0.717, 1.165) is 0 Å². The first kappa shape index (κ1) is 12.6. The molecule has 92 valence electrons. The Bertz CT molecular complexity index is 572. The monoisotopic (exact) mass is 264 g/mol. The zero-order chi connectivity index (χ0) is 12.8. The van der Waals surface area contributed by atoms with Gasteiger partial charge in [-0.25, -0.2) is 4.39 Å². The molecule has 0 aliphatic rings. The molecule has 2 rings (SSSR count). The van der Waals surface area contributed by atoms with Crippen LogP contribution in [-0.4, -0.2) is 27.7 Å². The van der Waals surface area contributed by atoms with Gasteiger partial charge >= 0.3 is 0 Å².